The molecule has 1 unspecified atom stereocenters. The van der Waals surface area contributed by atoms with Gasteiger partial charge in [-0.15, -0.1) is 0 Å². The molecule has 0 radical (unpaired) electrons. The van der Waals surface area contributed by atoms with Crippen LogP contribution in [0, 0.1) is 5.82 Å². The minimum absolute atomic E-state index is 0.0161. The van der Waals surface area contributed by atoms with E-state index >= 15 is 0 Å². The molecule has 4 rings (SSSR count). The lowest BCUT2D eigenvalue weighted by Gasteiger charge is -2.36. The van der Waals surface area contributed by atoms with E-state index in [2.05, 4.69) is 0 Å². The van der Waals surface area contributed by atoms with Crippen molar-refractivity contribution in [3.63, 3.8) is 0 Å². The van der Waals surface area contributed by atoms with Gasteiger partial charge in [-0.1, -0.05) is 25.1 Å². The largest absolute Gasteiger partial charge is 0.484 e. The van der Waals surface area contributed by atoms with Crippen molar-refractivity contribution in [1.29, 1.82) is 0 Å². The van der Waals surface area contributed by atoms with Gasteiger partial charge in [0, 0.05) is 26.2 Å². The van der Waals surface area contributed by atoms with Gasteiger partial charge in [-0.2, -0.15) is 0 Å². The third-order valence-corrected chi connectivity index (χ3v) is 5.65. The lowest BCUT2D eigenvalue weighted by molar-refractivity contribution is -0.133. The molecule has 0 saturated carbocycles. The van der Waals surface area contributed by atoms with Crippen LogP contribution in [0.1, 0.15) is 13.3 Å². The first kappa shape index (κ1) is 21.0. The number of amides is 2. The molecule has 2 aromatic rings. The zero-order valence-corrected chi connectivity index (χ0v) is 17.5. The Morgan fingerprint density at radius 3 is 2.52 bits per heavy atom. The first-order valence-corrected chi connectivity index (χ1v) is 10.5. The van der Waals surface area contributed by atoms with Crippen molar-refractivity contribution in [1.82, 2.24) is 4.90 Å². The minimum Gasteiger partial charge on any atom is -0.484 e. The van der Waals surface area contributed by atoms with Crippen LogP contribution in [0.15, 0.2) is 48.5 Å². The van der Waals surface area contributed by atoms with Gasteiger partial charge in [-0.25, -0.2) is 9.18 Å². The maximum absolute atomic E-state index is 14.8. The number of benzene rings is 2. The first-order valence-electron chi connectivity index (χ1n) is 10.5. The van der Waals surface area contributed by atoms with Crippen LogP contribution in [0.2, 0.25) is 0 Å². The fourth-order valence-corrected chi connectivity index (χ4v) is 3.81. The van der Waals surface area contributed by atoms with E-state index < -0.39 is 11.9 Å². The zero-order valence-electron chi connectivity index (χ0n) is 17.5. The van der Waals surface area contributed by atoms with Crippen LogP contribution < -0.4 is 14.5 Å². The summed E-state index contributed by atoms with van der Waals surface area (Å²) in [5.41, 5.74) is 0.963. The molecule has 0 aliphatic carbocycles. The quantitative estimate of drug-likeness (QED) is 0.708. The Balaban J connectivity index is 1.32. The monoisotopic (exact) mass is 427 g/mol. The topological polar surface area (TPSA) is 62.3 Å². The van der Waals surface area contributed by atoms with E-state index in [0.717, 1.165) is 6.42 Å². The fourth-order valence-electron chi connectivity index (χ4n) is 3.81. The Bertz CT molecular complexity index is 932. The number of piperazine rings is 1. The maximum atomic E-state index is 14.8. The van der Waals surface area contributed by atoms with Crippen molar-refractivity contribution in [3.8, 4) is 5.75 Å². The second-order valence-electron chi connectivity index (χ2n) is 7.63. The normalized spacial score (nSPS) is 18.8. The van der Waals surface area contributed by atoms with Crippen molar-refractivity contribution < 1.29 is 23.5 Å². The smallest absolute Gasteiger partial charge is 0.414 e. The molecule has 0 aromatic heterocycles. The van der Waals surface area contributed by atoms with Crippen molar-refractivity contribution in [2.24, 2.45) is 0 Å². The van der Waals surface area contributed by atoms with Gasteiger partial charge in [-0.05, 0) is 36.8 Å². The van der Waals surface area contributed by atoms with Gasteiger partial charge >= 0.3 is 6.09 Å². The standard InChI is InChI=1S/C23H26FN3O4/c1-2-18-15-27(23(29)31-18)17-8-9-21(20(24)14-17)25-10-12-26(13-11-25)22(28)16-30-19-6-4-3-5-7-19/h3-9,14,18H,2,10-13,15-16H2,1H3. The molecule has 2 saturated heterocycles. The summed E-state index contributed by atoms with van der Waals surface area (Å²) in [6, 6.07) is 14.0. The summed E-state index contributed by atoms with van der Waals surface area (Å²) in [5, 5.41) is 0. The molecule has 0 N–H and O–H groups in total. The third kappa shape index (κ3) is 4.73. The number of hydrogen-bond acceptors (Lipinski definition) is 5. The van der Waals surface area contributed by atoms with E-state index in [1.807, 2.05) is 42.2 Å². The van der Waals surface area contributed by atoms with Crippen molar-refractivity contribution >= 4 is 23.4 Å². The molecular formula is C23H26FN3O4. The molecule has 2 aliphatic heterocycles. The third-order valence-electron chi connectivity index (χ3n) is 5.65. The van der Waals surface area contributed by atoms with E-state index in [-0.39, 0.29) is 18.6 Å². The summed E-state index contributed by atoms with van der Waals surface area (Å²) in [6.07, 6.45) is 0.123. The minimum atomic E-state index is -0.441. The fraction of sp³-hybridized carbons (Fsp3) is 0.391. The molecule has 31 heavy (non-hydrogen) atoms. The second kappa shape index (κ2) is 9.24. The van der Waals surface area contributed by atoms with Gasteiger partial charge in [-0.3, -0.25) is 9.69 Å². The van der Waals surface area contributed by atoms with Gasteiger partial charge in [0.2, 0.25) is 0 Å². The number of halogens is 1. The maximum Gasteiger partial charge on any atom is 0.414 e. The zero-order chi connectivity index (χ0) is 21.8. The van der Waals surface area contributed by atoms with Crippen LogP contribution in [0.3, 0.4) is 0 Å². The Labute approximate surface area is 180 Å². The summed E-state index contributed by atoms with van der Waals surface area (Å²) >= 11 is 0. The molecule has 2 amide bonds. The summed E-state index contributed by atoms with van der Waals surface area (Å²) in [7, 11) is 0. The van der Waals surface area contributed by atoms with E-state index in [0.29, 0.717) is 49.8 Å². The molecule has 1 atom stereocenters. The Hall–Kier alpha value is -3.29. The van der Waals surface area contributed by atoms with E-state index in [1.54, 1.807) is 17.0 Å². The van der Waals surface area contributed by atoms with Crippen LogP contribution in [0.5, 0.6) is 5.75 Å². The number of cyclic esters (lactones) is 1. The highest BCUT2D eigenvalue weighted by Crippen LogP contribution is 2.29. The van der Waals surface area contributed by atoms with Crippen LogP contribution in [-0.2, 0) is 9.53 Å². The van der Waals surface area contributed by atoms with Crippen molar-refractivity contribution in [3.05, 3.63) is 54.3 Å². The highest BCUT2D eigenvalue weighted by atomic mass is 19.1. The summed E-state index contributed by atoms with van der Waals surface area (Å²) in [6.45, 7) is 4.40. The van der Waals surface area contributed by atoms with E-state index in [1.165, 1.54) is 11.0 Å². The van der Waals surface area contributed by atoms with Crippen LogP contribution in [-0.4, -0.2) is 62.3 Å². The summed E-state index contributed by atoms with van der Waals surface area (Å²) < 4.78 is 25.6. The molecule has 2 aliphatic rings. The first-order chi connectivity index (χ1) is 15.0. The molecule has 0 bridgehead atoms. The molecule has 2 aromatic carbocycles. The number of hydrogen-bond donors (Lipinski definition) is 0. The average molecular weight is 427 g/mol. The highest BCUT2D eigenvalue weighted by Gasteiger charge is 2.32. The van der Waals surface area contributed by atoms with Crippen molar-refractivity contribution in [2.75, 3.05) is 49.1 Å². The number of anilines is 2. The Morgan fingerprint density at radius 1 is 1.13 bits per heavy atom. The molecule has 2 fully saturated rings. The predicted molar refractivity (Wildman–Crippen MR) is 115 cm³/mol. The van der Waals surface area contributed by atoms with E-state index in [9.17, 15) is 14.0 Å². The molecule has 0 spiro atoms. The second-order valence-corrected chi connectivity index (χ2v) is 7.63. The SMILES string of the molecule is CCC1CN(c2ccc(N3CCN(C(=O)COc4ccccc4)CC3)c(F)c2)C(=O)O1. The number of ether oxygens (including phenoxy) is 2. The Kier molecular flexibility index (Phi) is 6.25. The van der Waals surface area contributed by atoms with Crippen molar-refractivity contribution in [2.45, 2.75) is 19.4 Å². The number of nitrogens with zero attached hydrogens (tertiary/aromatic N) is 3. The predicted octanol–water partition coefficient (Wildman–Crippen LogP) is 3.29. The van der Waals surface area contributed by atoms with Crippen LogP contribution in [0.25, 0.3) is 0 Å². The van der Waals surface area contributed by atoms with Gasteiger partial charge < -0.3 is 19.3 Å². The lowest BCUT2D eigenvalue weighted by Crippen LogP contribution is -2.50. The van der Waals surface area contributed by atoms with Gasteiger partial charge in [0.15, 0.2) is 6.61 Å². The lowest BCUT2D eigenvalue weighted by atomic mass is 10.2. The van der Waals surface area contributed by atoms with Gasteiger partial charge in [0.25, 0.3) is 5.91 Å². The molecule has 164 valence electrons. The van der Waals surface area contributed by atoms with Crippen LogP contribution >= 0.6 is 0 Å². The van der Waals surface area contributed by atoms with Crippen LogP contribution in [0.4, 0.5) is 20.6 Å². The van der Waals surface area contributed by atoms with Gasteiger partial charge in [0.05, 0.1) is 17.9 Å². The number of carbonyl (C=O) groups excluding carboxylic acids is 2. The highest BCUT2D eigenvalue weighted by molar-refractivity contribution is 5.90. The molecular weight excluding hydrogens is 401 g/mol. The number of para-hydroxylation sites is 1. The number of rotatable bonds is 6. The Morgan fingerprint density at radius 2 is 1.87 bits per heavy atom. The average Bonchev–Trinajstić information content (AvgIpc) is 3.19. The summed E-state index contributed by atoms with van der Waals surface area (Å²) in [5.74, 6) is 0.179. The van der Waals surface area contributed by atoms with E-state index in [4.69, 9.17) is 9.47 Å². The number of carbonyl (C=O) groups is 2. The molecule has 8 heteroatoms. The molecule has 7 nitrogen and oxygen atoms in total. The van der Waals surface area contributed by atoms with Gasteiger partial charge in [0.1, 0.15) is 17.7 Å². The summed E-state index contributed by atoms with van der Waals surface area (Å²) in [4.78, 5) is 29.5. The molecule has 2 heterocycles.